The Balaban J connectivity index is 1.77. The van der Waals surface area contributed by atoms with Gasteiger partial charge in [0.05, 0.1) is 6.04 Å². The molecule has 1 fully saturated rings. The van der Waals surface area contributed by atoms with Crippen molar-refractivity contribution in [1.82, 2.24) is 5.32 Å². The number of nitrogens with one attached hydrogen (secondary N) is 2. The molecule has 1 heterocycles. The Hall–Kier alpha value is -2.34. The van der Waals surface area contributed by atoms with Gasteiger partial charge in [-0.15, -0.1) is 11.3 Å². The SMILES string of the molecule is NC(=O)Nc1cccc(C(=O)N[C@H](c2cccs2)C2CCCC2)c1. The van der Waals surface area contributed by atoms with Crippen molar-refractivity contribution in [1.29, 1.82) is 0 Å². The lowest BCUT2D eigenvalue weighted by atomic mass is 9.96. The Morgan fingerprint density at radius 3 is 2.62 bits per heavy atom. The highest BCUT2D eigenvalue weighted by molar-refractivity contribution is 7.10. The minimum atomic E-state index is -0.644. The first-order valence-corrected chi connectivity index (χ1v) is 9.02. The number of benzene rings is 1. The predicted molar refractivity (Wildman–Crippen MR) is 96.1 cm³/mol. The minimum Gasteiger partial charge on any atom is -0.351 e. The number of amides is 3. The van der Waals surface area contributed by atoms with Crippen molar-refractivity contribution in [2.24, 2.45) is 11.7 Å². The van der Waals surface area contributed by atoms with Crippen LogP contribution in [0.4, 0.5) is 10.5 Å². The highest BCUT2D eigenvalue weighted by Gasteiger charge is 2.28. The number of hydrogen-bond donors (Lipinski definition) is 3. The van der Waals surface area contributed by atoms with E-state index in [1.807, 2.05) is 11.4 Å². The summed E-state index contributed by atoms with van der Waals surface area (Å²) in [5, 5.41) is 7.73. The molecule has 0 radical (unpaired) electrons. The molecule has 0 spiro atoms. The molecule has 0 aliphatic heterocycles. The number of carbonyl (C=O) groups excluding carboxylic acids is 2. The Morgan fingerprint density at radius 2 is 1.96 bits per heavy atom. The Bertz CT molecular complexity index is 709. The van der Waals surface area contributed by atoms with Crippen molar-refractivity contribution >= 4 is 29.0 Å². The highest BCUT2D eigenvalue weighted by Crippen LogP contribution is 2.37. The Kier molecular flexibility index (Phi) is 5.15. The van der Waals surface area contributed by atoms with E-state index in [4.69, 9.17) is 5.73 Å². The molecule has 1 aliphatic rings. The second-order valence-corrected chi connectivity index (χ2v) is 7.06. The van der Waals surface area contributed by atoms with Crippen LogP contribution in [0, 0.1) is 5.92 Å². The van der Waals surface area contributed by atoms with Crippen LogP contribution in [0.5, 0.6) is 0 Å². The summed E-state index contributed by atoms with van der Waals surface area (Å²) in [7, 11) is 0. The van der Waals surface area contributed by atoms with Crippen LogP contribution < -0.4 is 16.4 Å². The van der Waals surface area contributed by atoms with Gasteiger partial charge in [0, 0.05) is 16.1 Å². The quantitative estimate of drug-likeness (QED) is 0.769. The van der Waals surface area contributed by atoms with Gasteiger partial charge in [0.25, 0.3) is 5.91 Å². The molecule has 1 aliphatic carbocycles. The maximum atomic E-state index is 12.7. The fourth-order valence-electron chi connectivity index (χ4n) is 3.29. The minimum absolute atomic E-state index is 0.0488. The number of thiophene rings is 1. The van der Waals surface area contributed by atoms with Crippen molar-refractivity contribution < 1.29 is 9.59 Å². The third-order valence-electron chi connectivity index (χ3n) is 4.40. The van der Waals surface area contributed by atoms with Gasteiger partial charge in [0.2, 0.25) is 0 Å². The lowest BCUT2D eigenvalue weighted by molar-refractivity contribution is 0.0923. The summed E-state index contributed by atoms with van der Waals surface area (Å²) in [4.78, 5) is 24.9. The van der Waals surface area contributed by atoms with Crippen LogP contribution in [0.3, 0.4) is 0 Å². The van der Waals surface area contributed by atoms with Crippen LogP contribution in [0.2, 0.25) is 0 Å². The molecule has 3 amide bonds. The van der Waals surface area contributed by atoms with Crippen LogP contribution >= 0.6 is 11.3 Å². The summed E-state index contributed by atoms with van der Waals surface area (Å²) in [6, 6.07) is 10.3. The second-order valence-electron chi connectivity index (χ2n) is 6.08. The van der Waals surface area contributed by atoms with Gasteiger partial charge in [-0.2, -0.15) is 0 Å². The average Bonchev–Trinajstić information content (AvgIpc) is 3.25. The van der Waals surface area contributed by atoms with Gasteiger partial charge < -0.3 is 16.4 Å². The van der Waals surface area contributed by atoms with Crippen LogP contribution in [-0.4, -0.2) is 11.9 Å². The zero-order valence-electron chi connectivity index (χ0n) is 13.3. The van der Waals surface area contributed by atoms with Crippen LogP contribution in [0.1, 0.15) is 47.0 Å². The van der Waals surface area contributed by atoms with Crippen LogP contribution in [0.15, 0.2) is 41.8 Å². The zero-order chi connectivity index (χ0) is 16.9. The molecule has 6 heteroatoms. The molecule has 2 aromatic rings. The number of rotatable bonds is 5. The van der Waals surface area contributed by atoms with Crippen LogP contribution in [-0.2, 0) is 0 Å². The maximum Gasteiger partial charge on any atom is 0.316 e. The van der Waals surface area contributed by atoms with Gasteiger partial charge in [-0.1, -0.05) is 25.0 Å². The molecule has 1 aromatic heterocycles. The molecule has 0 bridgehead atoms. The number of anilines is 1. The number of primary amides is 1. The average molecular weight is 343 g/mol. The maximum absolute atomic E-state index is 12.7. The molecular weight excluding hydrogens is 322 g/mol. The third kappa shape index (κ3) is 3.94. The van der Waals surface area contributed by atoms with Gasteiger partial charge in [-0.05, 0) is 48.4 Å². The summed E-state index contributed by atoms with van der Waals surface area (Å²) in [5.74, 6) is 0.355. The van der Waals surface area contributed by atoms with E-state index in [1.54, 1.807) is 35.6 Å². The van der Waals surface area contributed by atoms with E-state index in [0.717, 1.165) is 12.8 Å². The number of carbonyl (C=O) groups is 2. The van der Waals surface area contributed by atoms with E-state index in [9.17, 15) is 9.59 Å². The highest BCUT2D eigenvalue weighted by atomic mass is 32.1. The molecular formula is C18H21N3O2S. The number of urea groups is 1. The summed E-state index contributed by atoms with van der Waals surface area (Å²) in [5.41, 5.74) is 6.16. The molecule has 1 atom stereocenters. The first-order valence-electron chi connectivity index (χ1n) is 8.14. The van der Waals surface area contributed by atoms with E-state index >= 15 is 0 Å². The van der Waals surface area contributed by atoms with E-state index < -0.39 is 6.03 Å². The van der Waals surface area contributed by atoms with E-state index in [1.165, 1.54) is 17.7 Å². The van der Waals surface area contributed by atoms with E-state index in [-0.39, 0.29) is 11.9 Å². The van der Waals surface area contributed by atoms with E-state index in [2.05, 4.69) is 16.7 Å². The van der Waals surface area contributed by atoms with Crippen molar-refractivity contribution in [2.45, 2.75) is 31.7 Å². The zero-order valence-corrected chi connectivity index (χ0v) is 14.1. The lowest BCUT2D eigenvalue weighted by Crippen LogP contribution is -2.32. The first-order chi connectivity index (χ1) is 11.6. The summed E-state index contributed by atoms with van der Waals surface area (Å²) >= 11 is 1.68. The van der Waals surface area contributed by atoms with Crippen molar-refractivity contribution in [2.75, 3.05) is 5.32 Å². The fraction of sp³-hybridized carbons (Fsp3) is 0.333. The molecule has 0 unspecified atom stereocenters. The number of hydrogen-bond acceptors (Lipinski definition) is 3. The smallest absolute Gasteiger partial charge is 0.316 e. The fourth-order valence-corrected chi connectivity index (χ4v) is 4.15. The van der Waals surface area contributed by atoms with Crippen molar-refractivity contribution in [3.05, 3.63) is 52.2 Å². The third-order valence-corrected chi connectivity index (χ3v) is 5.36. The van der Waals surface area contributed by atoms with Crippen LogP contribution in [0.25, 0.3) is 0 Å². The standard InChI is InChI=1S/C18H21N3O2S/c19-18(23)20-14-8-3-7-13(11-14)17(22)21-16(12-5-1-2-6-12)15-9-4-10-24-15/h3-4,7-12,16H,1-2,5-6H2,(H,21,22)(H3,19,20,23)/t16-/m0/s1. The Morgan fingerprint density at radius 1 is 1.17 bits per heavy atom. The summed E-state index contributed by atoms with van der Waals surface area (Å²) in [6.07, 6.45) is 4.74. The van der Waals surface area contributed by atoms with Gasteiger partial charge >= 0.3 is 6.03 Å². The van der Waals surface area contributed by atoms with Crippen molar-refractivity contribution in [3.63, 3.8) is 0 Å². The Labute approximate surface area is 145 Å². The van der Waals surface area contributed by atoms with Gasteiger partial charge in [-0.3, -0.25) is 4.79 Å². The molecule has 1 aromatic carbocycles. The molecule has 3 rings (SSSR count). The molecule has 0 saturated heterocycles. The second kappa shape index (κ2) is 7.49. The molecule has 1 saturated carbocycles. The van der Waals surface area contributed by atoms with E-state index in [0.29, 0.717) is 17.2 Å². The summed E-state index contributed by atoms with van der Waals surface area (Å²) < 4.78 is 0. The monoisotopic (exact) mass is 343 g/mol. The molecule has 4 N–H and O–H groups in total. The summed E-state index contributed by atoms with van der Waals surface area (Å²) in [6.45, 7) is 0. The van der Waals surface area contributed by atoms with Gasteiger partial charge in [0.1, 0.15) is 0 Å². The number of nitrogens with two attached hydrogens (primary N) is 1. The molecule has 5 nitrogen and oxygen atoms in total. The predicted octanol–water partition coefficient (Wildman–Crippen LogP) is 3.90. The topological polar surface area (TPSA) is 84.2 Å². The van der Waals surface area contributed by atoms with Crippen molar-refractivity contribution in [3.8, 4) is 0 Å². The molecule has 24 heavy (non-hydrogen) atoms. The largest absolute Gasteiger partial charge is 0.351 e. The van der Waals surface area contributed by atoms with Gasteiger partial charge in [-0.25, -0.2) is 4.79 Å². The normalized spacial score (nSPS) is 15.8. The molecule has 126 valence electrons. The lowest BCUT2D eigenvalue weighted by Gasteiger charge is -2.24. The van der Waals surface area contributed by atoms with Gasteiger partial charge in [0.15, 0.2) is 0 Å². The first kappa shape index (κ1) is 16.5.